The van der Waals surface area contributed by atoms with E-state index in [0.29, 0.717) is 19.3 Å². The summed E-state index contributed by atoms with van der Waals surface area (Å²) in [5.74, 6) is 0.972. The first-order chi connectivity index (χ1) is 10.1. The molecule has 0 bridgehead atoms. The van der Waals surface area contributed by atoms with Gasteiger partial charge in [-0.2, -0.15) is 0 Å². The third kappa shape index (κ3) is 6.42. The lowest BCUT2D eigenvalue weighted by Gasteiger charge is -2.30. The van der Waals surface area contributed by atoms with Crippen LogP contribution in [0.5, 0.6) is 0 Å². The zero-order chi connectivity index (χ0) is 15.7. The van der Waals surface area contributed by atoms with Crippen LogP contribution < -0.4 is 10.2 Å². The second kappa shape index (κ2) is 9.71. The number of nitrogens with zero attached hydrogens (tertiary/aromatic N) is 2. The van der Waals surface area contributed by atoms with Crippen LogP contribution in [0.4, 0.5) is 5.82 Å². The van der Waals surface area contributed by atoms with Crippen molar-refractivity contribution < 1.29 is 9.47 Å². The molecule has 0 radical (unpaired) electrons. The van der Waals surface area contributed by atoms with Crippen LogP contribution in [0, 0.1) is 0 Å². The molecule has 0 aliphatic heterocycles. The van der Waals surface area contributed by atoms with Crippen LogP contribution in [-0.2, 0) is 16.0 Å². The van der Waals surface area contributed by atoms with E-state index in [2.05, 4.69) is 42.0 Å². The first kappa shape index (κ1) is 17.9. The summed E-state index contributed by atoms with van der Waals surface area (Å²) in [5.41, 5.74) is 1.24. The molecule has 1 rings (SSSR count). The molecule has 0 amide bonds. The molecule has 0 aliphatic carbocycles. The third-order valence-electron chi connectivity index (χ3n) is 3.29. The van der Waals surface area contributed by atoms with Gasteiger partial charge in [0.15, 0.2) is 0 Å². The van der Waals surface area contributed by atoms with Crippen molar-refractivity contribution in [3.05, 3.63) is 23.9 Å². The highest BCUT2D eigenvalue weighted by Gasteiger charge is 2.15. The molecule has 0 saturated carbocycles. The molecule has 1 atom stereocenters. The molecular formula is C16H29N3O2. The number of pyridine rings is 1. The number of aromatic nitrogens is 1. The van der Waals surface area contributed by atoms with Crippen LogP contribution in [0.25, 0.3) is 0 Å². The lowest BCUT2D eigenvalue weighted by Crippen LogP contribution is -2.39. The van der Waals surface area contributed by atoms with Crippen molar-refractivity contribution in [3.8, 4) is 0 Å². The number of ether oxygens (including phenoxy) is 2. The van der Waals surface area contributed by atoms with Gasteiger partial charge in [0.05, 0.1) is 19.3 Å². The van der Waals surface area contributed by atoms with Gasteiger partial charge >= 0.3 is 0 Å². The summed E-state index contributed by atoms with van der Waals surface area (Å²) in [5, 5.41) is 3.43. The van der Waals surface area contributed by atoms with Crippen molar-refractivity contribution in [2.45, 2.75) is 39.4 Å². The summed E-state index contributed by atoms with van der Waals surface area (Å²) >= 11 is 0. The van der Waals surface area contributed by atoms with E-state index in [1.807, 2.05) is 12.3 Å². The second-order valence-corrected chi connectivity index (χ2v) is 5.55. The van der Waals surface area contributed by atoms with Gasteiger partial charge in [-0.25, -0.2) is 4.98 Å². The fraction of sp³-hybridized carbons (Fsp3) is 0.688. The number of anilines is 1. The van der Waals surface area contributed by atoms with Crippen LogP contribution in [0.1, 0.15) is 26.3 Å². The van der Waals surface area contributed by atoms with E-state index >= 15 is 0 Å². The van der Waals surface area contributed by atoms with Crippen molar-refractivity contribution in [1.82, 2.24) is 10.3 Å². The zero-order valence-electron chi connectivity index (χ0n) is 13.9. The normalized spacial score (nSPS) is 12.7. The standard InChI is InChI=1S/C16H29N3O2/c1-13(2)18-11-15-6-7-17-16(10-15)19(8-9-20-4)14(3)12-21-5/h6-7,10,13-14,18H,8-9,11-12H2,1-5H3. The van der Waals surface area contributed by atoms with E-state index < -0.39 is 0 Å². The topological polar surface area (TPSA) is 46.6 Å². The summed E-state index contributed by atoms with van der Waals surface area (Å²) in [6.45, 7) is 9.42. The fourth-order valence-corrected chi connectivity index (χ4v) is 2.13. The van der Waals surface area contributed by atoms with Gasteiger partial charge in [0.25, 0.3) is 0 Å². The van der Waals surface area contributed by atoms with Crippen LogP contribution in [-0.4, -0.2) is 51.0 Å². The minimum atomic E-state index is 0.256. The largest absolute Gasteiger partial charge is 0.383 e. The fourth-order valence-electron chi connectivity index (χ4n) is 2.13. The van der Waals surface area contributed by atoms with E-state index in [1.54, 1.807) is 14.2 Å². The van der Waals surface area contributed by atoms with E-state index in [0.717, 1.165) is 18.9 Å². The van der Waals surface area contributed by atoms with Crippen molar-refractivity contribution in [2.75, 3.05) is 38.9 Å². The summed E-state index contributed by atoms with van der Waals surface area (Å²) < 4.78 is 10.5. The van der Waals surface area contributed by atoms with Crippen molar-refractivity contribution in [1.29, 1.82) is 0 Å². The molecule has 1 aromatic rings. The average Bonchev–Trinajstić information content (AvgIpc) is 2.46. The molecule has 0 aromatic carbocycles. The van der Waals surface area contributed by atoms with Crippen LogP contribution in [0.3, 0.4) is 0 Å². The molecule has 120 valence electrons. The second-order valence-electron chi connectivity index (χ2n) is 5.55. The molecule has 1 heterocycles. The smallest absolute Gasteiger partial charge is 0.129 e. The highest BCUT2D eigenvalue weighted by atomic mass is 16.5. The summed E-state index contributed by atoms with van der Waals surface area (Å²) in [4.78, 5) is 6.74. The first-order valence-electron chi connectivity index (χ1n) is 7.51. The highest BCUT2D eigenvalue weighted by Crippen LogP contribution is 2.16. The lowest BCUT2D eigenvalue weighted by atomic mass is 10.2. The van der Waals surface area contributed by atoms with E-state index in [9.17, 15) is 0 Å². The predicted molar refractivity (Wildman–Crippen MR) is 86.8 cm³/mol. The molecule has 0 saturated heterocycles. The number of methoxy groups -OCH3 is 2. The van der Waals surface area contributed by atoms with Crippen molar-refractivity contribution in [2.24, 2.45) is 0 Å². The molecule has 21 heavy (non-hydrogen) atoms. The van der Waals surface area contributed by atoms with Gasteiger partial charge in [0.2, 0.25) is 0 Å². The van der Waals surface area contributed by atoms with Gasteiger partial charge in [0, 0.05) is 39.5 Å². The predicted octanol–water partition coefficient (Wildman–Crippen LogP) is 2.07. The summed E-state index contributed by atoms with van der Waals surface area (Å²) in [7, 11) is 3.44. The maximum Gasteiger partial charge on any atom is 0.129 e. The van der Waals surface area contributed by atoms with Gasteiger partial charge in [-0.15, -0.1) is 0 Å². The monoisotopic (exact) mass is 295 g/mol. The Hall–Kier alpha value is -1.17. The van der Waals surface area contributed by atoms with E-state index in [4.69, 9.17) is 9.47 Å². The van der Waals surface area contributed by atoms with Gasteiger partial charge in [0.1, 0.15) is 5.82 Å². The molecular weight excluding hydrogens is 266 g/mol. The Kier molecular flexibility index (Phi) is 8.27. The van der Waals surface area contributed by atoms with Gasteiger partial charge in [-0.1, -0.05) is 13.8 Å². The van der Waals surface area contributed by atoms with Crippen LogP contribution in [0.2, 0.25) is 0 Å². The Balaban J connectivity index is 2.82. The maximum absolute atomic E-state index is 5.27. The SMILES string of the molecule is COCCN(c1cc(CNC(C)C)ccn1)C(C)COC. The zero-order valence-corrected chi connectivity index (χ0v) is 13.9. The molecule has 0 aliphatic rings. The molecule has 1 N–H and O–H groups in total. The molecule has 5 heteroatoms. The minimum Gasteiger partial charge on any atom is -0.383 e. The Bertz CT molecular complexity index is 399. The van der Waals surface area contributed by atoms with Gasteiger partial charge in [-0.05, 0) is 24.6 Å². The Morgan fingerprint density at radius 2 is 2.00 bits per heavy atom. The molecule has 1 aromatic heterocycles. The maximum atomic E-state index is 5.27. The van der Waals surface area contributed by atoms with Crippen LogP contribution in [0.15, 0.2) is 18.3 Å². The number of hydrogen-bond acceptors (Lipinski definition) is 5. The molecule has 0 fully saturated rings. The Labute approximate surface area is 128 Å². The average molecular weight is 295 g/mol. The van der Waals surface area contributed by atoms with Crippen LogP contribution >= 0.6 is 0 Å². The Morgan fingerprint density at radius 3 is 2.62 bits per heavy atom. The number of rotatable bonds is 10. The first-order valence-corrected chi connectivity index (χ1v) is 7.51. The summed E-state index contributed by atoms with van der Waals surface area (Å²) in [6, 6.07) is 4.91. The van der Waals surface area contributed by atoms with Crippen molar-refractivity contribution in [3.63, 3.8) is 0 Å². The molecule has 0 spiro atoms. The third-order valence-corrected chi connectivity index (χ3v) is 3.29. The van der Waals surface area contributed by atoms with Gasteiger partial charge in [-0.3, -0.25) is 0 Å². The number of hydrogen-bond donors (Lipinski definition) is 1. The Morgan fingerprint density at radius 1 is 1.24 bits per heavy atom. The minimum absolute atomic E-state index is 0.256. The highest BCUT2D eigenvalue weighted by molar-refractivity contribution is 5.42. The van der Waals surface area contributed by atoms with Crippen molar-refractivity contribution >= 4 is 5.82 Å². The van der Waals surface area contributed by atoms with E-state index in [-0.39, 0.29) is 6.04 Å². The van der Waals surface area contributed by atoms with Gasteiger partial charge < -0.3 is 19.7 Å². The molecule has 5 nitrogen and oxygen atoms in total. The quantitative estimate of drug-likeness (QED) is 0.716. The summed E-state index contributed by atoms with van der Waals surface area (Å²) in [6.07, 6.45) is 1.87. The number of nitrogens with one attached hydrogen (secondary N) is 1. The van der Waals surface area contributed by atoms with E-state index in [1.165, 1.54) is 5.56 Å². The lowest BCUT2D eigenvalue weighted by molar-refractivity contribution is 0.170. The molecule has 1 unspecified atom stereocenters.